The third kappa shape index (κ3) is 3.81. The highest BCUT2D eigenvalue weighted by molar-refractivity contribution is 5.73. The summed E-state index contributed by atoms with van der Waals surface area (Å²) in [7, 11) is 0. The Labute approximate surface area is 107 Å². The van der Waals surface area contributed by atoms with Crippen LogP contribution in [0.25, 0.3) is 0 Å². The molecule has 1 aliphatic heterocycles. The molecular formula is C14H19FN2O. The van der Waals surface area contributed by atoms with E-state index in [-0.39, 0.29) is 11.7 Å². The minimum Gasteiger partial charge on any atom is -0.370 e. The zero-order valence-corrected chi connectivity index (χ0v) is 10.4. The first kappa shape index (κ1) is 13.0. The van der Waals surface area contributed by atoms with Gasteiger partial charge in [0.2, 0.25) is 5.91 Å². The number of hydrogen-bond donors (Lipinski definition) is 1. The number of amides is 1. The maximum atomic E-state index is 13.1. The van der Waals surface area contributed by atoms with Gasteiger partial charge in [0.25, 0.3) is 0 Å². The van der Waals surface area contributed by atoms with Crippen LogP contribution in [0.5, 0.6) is 0 Å². The summed E-state index contributed by atoms with van der Waals surface area (Å²) in [6.45, 7) is 2.68. The summed E-state index contributed by atoms with van der Waals surface area (Å²) in [5.74, 6) is 0.0287. The molecule has 2 N–H and O–H groups in total. The highest BCUT2D eigenvalue weighted by atomic mass is 19.1. The monoisotopic (exact) mass is 250 g/mol. The van der Waals surface area contributed by atoms with Crippen LogP contribution < -0.4 is 5.73 Å². The van der Waals surface area contributed by atoms with Crippen molar-refractivity contribution in [2.45, 2.75) is 25.8 Å². The number of carbonyl (C=O) groups excluding carboxylic acids is 1. The molecule has 4 heteroatoms. The van der Waals surface area contributed by atoms with Crippen molar-refractivity contribution in [3.05, 3.63) is 35.6 Å². The van der Waals surface area contributed by atoms with Crippen molar-refractivity contribution in [1.29, 1.82) is 0 Å². The molecule has 0 aliphatic carbocycles. The topological polar surface area (TPSA) is 46.3 Å². The van der Waals surface area contributed by atoms with E-state index in [0.29, 0.717) is 12.3 Å². The molecule has 0 bridgehead atoms. The molecule has 1 saturated heterocycles. The maximum absolute atomic E-state index is 13.1. The van der Waals surface area contributed by atoms with Gasteiger partial charge in [-0.25, -0.2) is 4.39 Å². The zero-order chi connectivity index (χ0) is 13.0. The number of primary amides is 1. The number of likely N-dealkylation sites (tertiary alicyclic amines) is 1. The van der Waals surface area contributed by atoms with Gasteiger partial charge in [-0.05, 0) is 49.5 Å². The van der Waals surface area contributed by atoms with Gasteiger partial charge in [0.1, 0.15) is 5.82 Å². The molecule has 1 aliphatic rings. The second-order valence-electron chi connectivity index (χ2n) is 5.02. The summed E-state index contributed by atoms with van der Waals surface area (Å²) in [6.07, 6.45) is 2.49. The summed E-state index contributed by atoms with van der Waals surface area (Å²) < 4.78 is 13.1. The van der Waals surface area contributed by atoms with Crippen LogP contribution in [0, 0.1) is 11.7 Å². The number of benzene rings is 1. The molecule has 0 atom stereocenters. The second-order valence-corrected chi connectivity index (χ2v) is 5.02. The lowest BCUT2D eigenvalue weighted by Crippen LogP contribution is -2.34. The number of nitrogens with zero attached hydrogens (tertiary/aromatic N) is 1. The molecule has 3 nitrogen and oxygen atoms in total. The average Bonchev–Trinajstić information content (AvgIpc) is 2.31. The lowest BCUT2D eigenvalue weighted by Gasteiger charge is -2.31. The summed E-state index contributed by atoms with van der Waals surface area (Å²) in [5, 5.41) is 0. The van der Waals surface area contributed by atoms with Gasteiger partial charge in [-0.2, -0.15) is 0 Å². The smallest absolute Gasteiger partial charge is 0.217 e. The van der Waals surface area contributed by atoms with E-state index in [0.717, 1.165) is 38.0 Å². The Morgan fingerprint density at radius 1 is 1.39 bits per heavy atom. The lowest BCUT2D eigenvalue weighted by atomic mass is 9.93. The van der Waals surface area contributed by atoms with E-state index in [2.05, 4.69) is 4.90 Å². The molecule has 0 aromatic heterocycles. The van der Waals surface area contributed by atoms with Crippen LogP contribution in [0.2, 0.25) is 0 Å². The minimum atomic E-state index is -0.210. The second kappa shape index (κ2) is 5.96. The third-order valence-corrected chi connectivity index (χ3v) is 3.49. The number of rotatable bonds is 4. The number of carbonyl (C=O) groups is 1. The molecule has 0 unspecified atom stereocenters. The Bertz CT molecular complexity index is 414. The van der Waals surface area contributed by atoms with Gasteiger partial charge in [0.15, 0.2) is 0 Å². The van der Waals surface area contributed by atoms with Crippen LogP contribution in [0.3, 0.4) is 0 Å². The maximum Gasteiger partial charge on any atom is 0.217 e. The van der Waals surface area contributed by atoms with Gasteiger partial charge in [-0.15, -0.1) is 0 Å². The fraction of sp³-hybridized carbons (Fsp3) is 0.500. The molecule has 18 heavy (non-hydrogen) atoms. The largest absolute Gasteiger partial charge is 0.370 e. The molecule has 0 spiro atoms. The third-order valence-electron chi connectivity index (χ3n) is 3.49. The number of piperidine rings is 1. The molecule has 1 aromatic carbocycles. The van der Waals surface area contributed by atoms with Crippen LogP contribution in [0.4, 0.5) is 4.39 Å². The Morgan fingerprint density at radius 2 is 2.11 bits per heavy atom. The van der Waals surface area contributed by atoms with E-state index in [1.54, 1.807) is 12.1 Å². The van der Waals surface area contributed by atoms with Gasteiger partial charge in [0.05, 0.1) is 0 Å². The number of halogens is 1. The van der Waals surface area contributed by atoms with Crippen molar-refractivity contribution >= 4 is 5.91 Å². The summed E-state index contributed by atoms with van der Waals surface area (Å²) >= 11 is 0. The molecule has 0 saturated carbocycles. The van der Waals surface area contributed by atoms with Crippen LogP contribution in [0.15, 0.2) is 24.3 Å². The SMILES string of the molecule is NC(=O)CC1CCN(Cc2cccc(F)c2)CC1. The van der Waals surface area contributed by atoms with E-state index in [1.807, 2.05) is 6.07 Å². The van der Waals surface area contributed by atoms with E-state index < -0.39 is 0 Å². The molecule has 1 heterocycles. The summed E-state index contributed by atoms with van der Waals surface area (Å²) in [6, 6.07) is 6.72. The zero-order valence-electron chi connectivity index (χ0n) is 10.4. The van der Waals surface area contributed by atoms with Gasteiger partial charge in [-0.1, -0.05) is 12.1 Å². The summed E-state index contributed by atoms with van der Waals surface area (Å²) in [4.78, 5) is 13.1. The Balaban J connectivity index is 1.81. The quantitative estimate of drug-likeness (QED) is 0.887. The van der Waals surface area contributed by atoms with E-state index in [1.165, 1.54) is 6.07 Å². The highest BCUT2D eigenvalue weighted by Gasteiger charge is 2.20. The van der Waals surface area contributed by atoms with Crippen LogP contribution in [-0.2, 0) is 11.3 Å². The fourth-order valence-electron chi connectivity index (χ4n) is 2.53. The van der Waals surface area contributed by atoms with Crippen molar-refractivity contribution in [2.24, 2.45) is 11.7 Å². The predicted octanol–water partition coefficient (Wildman–Crippen LogP) is 1.91. The number of hydrogen-bond acceptors (Lipinski definition) is 2. The standard InChI is InChI=1S/C14H19FN2O/c15-13-3-1-2-12(8-13)10-17-6-4-11(5-7-17)9-14(16)18/h1-3,8,11H,4-7,9-10H2,(H2,16,18). The van der Waals surface area contributed by atoms with Crippen LogP contribution >= 0.6 is 0 Å². The van der Waals surface area contributed by atoms with Gasteiger partial charge < -0.3 is 5.73 Å². The van der Waals surface area contributed by atoms with Gasteiger partial charge in [-0.3, -0.25) is 9.69 Å². The Morgan fingerprint density at radius 3 is 2.72 bits per heavy atom. The average molecular weight is 250 g/mol. The van der Waals surface area contributed by atoms with Crippen molar-refractivity contribution in [3.63, 3.8) is 0 Å². The minimum absolute atomic E-state index is 0.184. The van der Waals surface area contributed by atoms with Crippen LogP contribution in [0.1, 0.15) is 24.8 Å². The normalized spacial score (nSPS) is 17.8. The van der Waals surface area contributed by atoms with Gasteiger partial charge >= 0.3 is 0 Å². The molecule has 2 rings (SSSR count). The van der Waals surface area contributed by atoms with E-state index >= 15 is 0 Å². The van der Waals surface area contributed by atoms with Crippen molar-refractivity contribution in [3.8, 4) is 0 Å². The van der Waals surface area contributed by atoms with Crippen molar-refractivity contribution in [1.82, 2.24) is 4.90 Å². The van der Waals surface area contributed by atoms with Crippen molar-refractivity contribution in [2.75, 3.05) is 13.1 Å². The van der Waals surface area contributed by atoms with E-state index in [4.69, 9.17) is 5.73 Å². The predicted molar refractivity (Wildman–Crippen MR) is 68.2 cm³/mol. The number of nitrogens with two attached hydrogens (primary N) is 1. The fourth-order valence-corrected chi connectivity index (χ4v) is 2.53. The first-order chi connectivity index (χ1) is 8.63. The molecule has 98 valence electrons. The Hall–Kier alpha value is -1.42. The molecule has 0 radical (unpaired) electrons. The van der Waals surface area contributed by atoms with Gasteiger partial charge in [0, 0.05) is 13.0 Å². The molecule has 1 fully saturated rings. The van der Waals surface area contributed by atoms with Crippen LogP contribution in [-0.4, -0.2) is 23.9 Å². The summed E-state index contributed by atoms with van der Waals surface area (Å²) in [5.41, 5.74) is 6.21. The van der Waals surface area contributed by atoms with E-state index in [9.17, 15) is 9.18 Å². The molecular weight excluding hydrogens is 231 g/mol. The Kier molecular flexibility index (Phi) is 4.31. The lowest BCUT2D eigenvalue weighted by molar-refractivity contribution is -0.119. The van der Waals surface area contributed by atoms with Crippen molar-refractivity contribution < 1.29 is 9.18 Å². The highest BCUT2D eigenvalue weighted by Crippen LogP contribution is 2.21. The first-order valence-corrected chi connectivity index (χ1v) is 6.38. The molecule has 1 aromatic rings. The first-order valence-electron chi connectivity index (χ1n) is 6.38. The molecule has 1 amide bonds.